The monoisotopic (exact) mass is 291 g/mol. The van der Waals surface area contributed by atoms with Gasteiger partial charge in [0.05, 0.1) is 5.75 Å². The zero-order chi connectivity index (χ0) is 13.5. The molecule has 0 fully saturated rings. The van der Waals surface area contributed by atoms with Crippen molar-refractivity contribution in [2.75, 3.05) is 31.9 Å². The molecule has 0 unspecified atom stereocenters. The van der Waals surface area contributed by atoms with Gasteiger partial charge >= 0.3 is 0 Å². The molecule has 0 aliphatic rings. The molecule has 8 heteroatoms. The molecule has 1 aromatic rings. The Bertz CT molecular complexity index is 384. The van der Waals surface area contributed by atoms with E-state index in [1.54, 1.807) is 25.9 Å². The Balaban J connectivity index is 2.45. The standard InChI is InChI=1S/C10H18N4O2S2/c1-14(2)8(15)6-18-10-13-12-9(16-10)7(11)4-5-17-3/h7H,4-6,11H2,1-3H3/p+1/t7-/m1/s1. The molecule has 1 atom stereocenters. The summed E-state index contributed by atoms with van der Waals surface area (Å²) in [4.78, 5) is 12.9. The van der Waals surface area contributed by atoms with Crippen molar-refractivity contribution >= 4 is 29.4 Å². The predicted octanol–water partition coefficient (Wildman–Crippen LogP) is 0.286. The number of amides is 1. The topological polar surface area (TPSA) is 86.9 Å². The first-order chi connectivity index (χ1) is 8.54. The zero-order valence-corrected chi connectivity index (χ0v) is 12.5. The van der Waals surface area contributed by atoms with Crippen molar-refractivity contribution in [2.45, 2.75) is 17.7 Å². The maximum Gasteiger partial charge on any atom is 0.277 e. The number of carbonyl (C=O) groups is 1. The SMILES string of the molecule is CSCC[C@@H]([NH3+])c1nnc(SCC(=O)N(C)C)o1. The van der Waals surface area contributed by atoms with E-state index in [2.05, 4.69) is 22.2 Å². The van der Waals surface area contributed by atoms with Crippen LogP contribution in [0.1, 0.15) is 18.4 Å². The summed E-state index contributed by atoms with van der Waals surface area (Å²) in [7, 11) is 3.44. The highest BCUT2D eigenvalue weighted by Gasteiger charge is 2.18. The molecule has 1 aromatic heterocycles. The minimum Gasteiger partial charge on any atom is -0.410 e. The van der Waals surface area contributed by atoms with Gasteiger partial charge in [0.2, 0.25) is 5.91 Å². The largest absolute Gasteiger partial charge is 0.410 e. The van der Waals surface area contributed by atoms with E-state index in [4.69, 9.17) is 4.42 Å². The van der Waals surface area contributed by atoms with Crippen molar-refractivity contribution in [3.63, 3.8) is 0 Å². The fraction of sp³-hybridized carbons (Fsp3) is 0.700. The Morgan fingerprint density at radius 3 is 2.83 bits per heavy atom. The maximum atomic E-state index is 11.4. The molecule has 1 rings (SSSR count). The number of hydrogen-bond donors (Lipinski definition) is 1. The third-order valence-corrected chi connectivity index (χ3v) is 3.71. The van der Waals surface area contributed by atoms with Crippen molar-refractivity contribution in [3.05, 3.63) is 5.89 Å². The minimum absolute atomic E-state index is 0.0175. The Hall–Kier alpha value is -0.730. The summed E-state index contributed by atoms with van der Waals surface area (Å²) in [6.07, 6.45) is 2.96. The smallest absolute Gasteiger partial charge is 0.277 e. The lowest BCUT2D eigenvalue weighted by atomic mass is 10.2. The zero-order valence-electron chi connectivity index (χ0n) is 10.9. The van der Waals surface area contributed by atoms with Gasteiger partial charge in [-0.1, -0.05) is 11.8 Å². The lowest BCUT2D eigenvalue weighted by Gasteiger charge is -2.07. The molecule has 0 aromatic carbocycles. The van der Waals surface area contributed by atoms with E-state index in [1.807, 2.05) is 0 Å². The summed E-state index contributed by atoms with van der Waals surface area (Å²) in [6.45, 7) is 0. The number of quaternary nitrogens is 1. The normalized spacial score (nSPS) is 12.4. The average molecular weight is 291 g/mol. The van der Waals surface area contributed by atoms with Crippen LogP contribution in [-0.2, 0) is 4.79 Å². The van der Waals surface area contributed by atoms with Crippen LogP contribution in [0.5, 0.6) is 0 Å². The first-order valence-corrected chi connectivity index (χ1v) is 7.91. The van der Waals surface area contributed by atoms with Crippen LogP contribution in [0.2, 0.25) is 0 Å². The van der Waals surface area contributed by atoms with Crippen LogP contribution < -0.4 is 5.73 Å². The lowest BCUT2D eigenvalue weighted by Crippen LogP contribution is -2.53. The molecule has 0 bridgehead atoms. The van der Waals surface area contributed by atoms with Gasteiger partial charge in [0, 0.05) is 20.5 Å². The maximum absolute atomic E-state index is 11.4. The summed E-state index contributed by atoms with van der Waals surface area (Å²) in [5.74, 6) is 1.89. The highest BCUT2D eigenvalue weighted by molar-refractivity contribution is 7.99. The van der Waals surface area contributed by atoms with E-state index in [0.29, 0.717) is 16.9 Å². The predicted molar refractivity (Wildman–Crippen MR) is 72.3 cm³/mol. The number of aromatic nitrogens is 2. The van der Waals surface area contributed by atoms with Crippen molar-refractivity contribution in [1.82, 2.24) is 15.1 Å². The molecule has 0 saturated heterocycles. The molecule has 0 spiro atoms. The van der Waals surface area contributed by atoms with Gasteiger partial charge in [0.25, 0.3) is 11.1 Å². The Morgan fingerprint density at radius 1 is 1.50 bits per heavy atom. The molecule has 0 aliphatic heterocycles. The van der Waals surface area contributed by atoms with Crippen molar-refractivity contribution in [2.24, 2.45) is 0 Å². The first kappa shape index (κ1) is 15.3. The molecular weight excluding hydrogens is 272 g/mol. The number of rotatable bonds is 7. The van der Waals surface area contributed by atoms with Crippen molar-refractivity contribution < 1.29 is 14.9 Å². The molecule has 3 N–H and O–H groups in total. The van der Waals surface area contributed by atoms with E-state index < -0.39 is 0 Å². The van der Waals surface area contributed by atoms with Crippen LogP contribution in [0.25, 0.3) is 0 Å². The number of thioether (sulfide) groups is 2. The van der Waals surface area contributed by atoms with Crippen molar-refractivity contribution in [1.29, 1.82) is 0 Å². The molecule has 18 heavy (non-hydrogen) atoms. The van der Waals surface area contributed by atoms with Crippen LogP contribution in [-0.4, -0.2) is 52.9 Å². The summed E-state index contributed by atoms with van der Waals surface area (Å²) in [5.41, 5.74) is 3.99. The van der Waals surface area contributed by atoms with Gasteiger partial charge < -0.3 is 15.1 Å². The van der Waals surface area contributed by atoms with Gasteiger partial charge in [-0.2, -0.15) is 11.8 Å². The fourth-order valence-corrected chi connectivity index (χ4v) is 2.35. The molecule has 1 amide bonds. The Morgan fingerprint density at radius 2 is 2.22 bits per heavy atom. The summed E-state index contributed by atoms with van der Waals surface area (Å²) in [5, 5.41) is 8.29. The van der Waals surface area contributed by atoms with Gasteiger partial charge in [-0.25, -0.2) is 0 Å². The second kappa shape index (κ2) is 7.65. The number of carbonyl (C=O) groups excluding carboxylic acids is 1. The fourth-order valence-electron chi connectivity index (χ4n) is 1.08. The molecule has 0 radical (unpaired) electrons. The van der Waals surface area contributed by atoms with E-state index >= 15 is 0 Å². The van der Waals surface area contributed by atoms with Crippen molar-refractivity contribution in [3.8, 4) is 0 Å². The van der Waals surface area contributed by atoms with E-state index in [-0.39, 0.29) is 11.9 Å². The second-order valence-electron chi connectivity index (χ2n) is 3.96. The van der Waals surface area contributed by atoms with Gasteiger partial charge in [0.15, 0.2) is 6.04 Å². The molecule has 6 nitrogen and oxygen atoms in total. The minimum atomic E-state index is 0.0175. The summed E-state index contributed by atoms with van der Waals surface area (Å²) >= 11 is 3.02. The molecule has 0 aliphatic carbocycles. The third-order valence-electron chi connectivity index (χ3n) is 2.26. The number of nitrogens with zero attached hydrogens (tertiary/aromatic N) is 3. The second-order valence-corrected chi connectivity index (χ2v) is 5.87. The number of hydrogen-bond acceptors (Lipinski definition) is 6. The molecule has 1 heterocycles. The van der Waals surface area contributed by atoms with Gasteiger partial charge in [-0.15, -0.1) is 10.2 Å². The molecular formula is C10H19N4O2S2+. The quantitative estimate of drug-likeness (QED) is 0.726. The van der Waals surface area contributed by atoms with Crippen LogP contribution in [0, 0.1) is 0 Å². The van der Waals surface area contributed by atoms with Crippen LogP contribution in [0.3, 0.4) is 0 Å². The summed E-state index contributed by atoms with van der Waals surface area (Å²) < 4.78 is 5.47. The summed E-state index contributed by atoms with van der Waals surface area (Å²) in [6, 6.07) is 0.0175. The van der Waals surface area contributed by atoms with Gasteiger partial charge in [-0.3, -0.25) is 4.79 Å². The Labute approximate surface area is 115 Å². The van der Waals surface area contributed by atoms with Gasteiger partial charge in [0.1, 0.15) is 0 Å². The van der Waals surface area contributed by atoms with Crippen LogP contribution >= 0.6 is 23.5 Å². The van der Waals surface area contributed by atoms with Crippen LogP contribution in [0.4, 0.5) is 0 Å². The highest BCUT2D eigenvalue weighted by atomic mass is 32.2. The highest BCUT2D eigenvalue weighted by Crippen LogP contribution is 2.20. The molecule has 102 valence electrons. The average Bonchev–Trinajstić information content (AvgIpc) is 2.81. The Kier molecular flexibility index (Phi) is 6.51. The van der Waals surface area contributed by atoms with Crippen LogP contribution in [0.15, 0.2) is 9.64 Å². The first-order valence-electron chi connectivity index (χ1n) is 5.53. The van der Waals surface area contributed by atoms with Gasteiger partial charge in [-0.05, 0) is 12.0 Å². The van der Waals surface area contributed by atoms with E-state index in [1.165, 1.54) is 16.7 Å². The lowest BCUT2D eigenvalue weighted by molar-refractivity contribution is -0.432. The molecule has 0 saturated carbocycles. The van der Waals surface area contributed by atoms with E-state index in [0.717, 1.165) is 12.2 Å². The van der Waals surface area contributed by atoms with E-state index in [9.17, 15) is 4.79 Å². The third kappa shape index (κ3) is 4.87.